The minimum absolute atomic E-state index is 0.0222. The summed E-state index contributed by atoms with van der Waals surface area (Å²) in [5, 5.41) is 7.99. The molecule has 38 heavy (non-hydrogen) atoms. The number of aryl methyl sites for hydroxylation is 2. The summed E-state index contributed by atoms with van der Waals surface area (Å²) in [6.45, 7) is 13.1. The number of hydrogen-bond acceptors (Lipinski definition) is 7. The van der Waals surface area contributed by atoms with Crippen LogP contribution in [-0.4, -0.2) is 95.3 Å². The Morgan fingerprint density at radius 3 is 2.61 bits per heavy atom. The normalized spacial score (nSPS) is 19.6. The second-order valence-corrected chi connectivity index (χ2v) is 11.1. The van der Waals surface area contributed by atoms with Crippen molar-refractivity contribution < 1.29 is 4.79 Å². The van der Waals surface area contributed by atoms with E-state index in [1.165, 1.54) is 34.7 Å². The minimum Gasteiger partial charge on any atom is -0.353 e. The third-order valence-electron chi connectivity index (χ3n) is 8.02. The summed E-state index contributed by atoms with van der Waals surface area (Å²) < 4.78 is 0. The highest BCUT2D eigenvalue weighted by Gasteiger charge is 2.33. The van der Waals surface area contributed by atoms with Gasteiger partial charge in [-0.3, -0.25) is 9.89 Å². The number of nitrogens with zero attached hydrogens (tertiary/aromatic N) is 7. The molecule has 0 radical (unpaired) electrons. The van der Waals surface area contributed by atoms with E-state index in [1.54, 1.807) is 0 Å². The zero-order valence-corrected chi connectivity index (χ0v) is 23.2. The molecule has 1 aliphatic carbocycles. The molecule has 0 bridgehead atoms. The number of carbonyl (C=O) groups excluding carboxylic acids is 1. The first-order valence-electron chi connectivity index (χ1n) is 13.7. The standard InChI is InChI=1S/C21H32N6O.C8H8N2/c1-5-19(28)25-8-10-26(11-9-25)20-17-12-15(2)6-7-18(17)22-21(23-20)27-13-16(14-27)24(3)4;1-6-2-3-8-7(4-6)5-9-10-8/h5,15-16H,1,6-14H2,2-4H3;2-5H,1H3,(H,9,10). The van der Waals surface area contributed by atoms with Gasteiger partial charge in [0.25, 0.3) is 0 Å². The zero-order chi connectivity index (χ0) is 26.8. The van der Waals surface area contributed by atoms with Gasteiger partial charge in [0.15, 0.2) is 0 Å². The van der Waals surface area contributed by atoms with E-state index in [4.69, 9.17) is 9.97 Å². The molecule has 3 aliphatic rings. The van der Waals surface area contributed by atoms with Gasteiger partial charge < -0.3 is 19.6 Å². The van der Waals surface area contributed by atoms with Crippen molar-refractivity contribution in [3.05, 3.63) is 53.9 Å². The van der Waals surface area contributed by atoms with Gasteiger partial charge in [-0.15, -0.1) is 0 Å². The summed E-state index contributed by atoms with van der Waals surface area (Å²) in [6, 6.07) is 6.80. The number of amides is 1. The van der Waals surface area contributed by atoms with E-state index in [0.717, 1.165) is 69.4 Å². The molecule has 2 aromatic heterocycles. The van der Waals surface area contributed by atoms with Crippen molar-refractivity contribution in [1.82, 2.24) is 30.0 Å². The highest BCUT2D eigenvalue weighted by molar-refractivity contribution is 5.87. The molecule has 2 aliphatic heterocycles. The first-order chi connectivity index (χ1) is 18.3. The summed E-state index contributed by atoms with van der Waals surface area (Å²) in [7, 11) is 4.26. The monoisotopic (exact) mass is 516 g/mol. The number of H-pyrrole nitrogens is 1. The lowest BCUT2D eigenvalue weighted by atomic mass is 9.88. The first-order valence-corrected chi connectivity index (χ1v) is 13.7. The molecule has 2 saturated heterocycles. The first kappa shape index (κ1) is 26.2. The van der Waals surface area contributed by atoms with E-state index in [1.807, 2.05) is 17.2 Å². The number of rotatable bonds is 4. The fourth-order valence-corrected chi connectivity index (χ4v) is 5.43. The molecular weight excluding hydrogens is 476 g/mol. The van der Waals surface area contributed by atoms with Crippen molar-refractivity contribution in [1.29, 1.82) is 0 Å². The highest BCUT2D eigenvalue weighted by Crippen LogP contribution is 2.34. The van der Waals surface area contributed by atoms with Crippen LogP contribution in [0, 0.1) is 12.8 Å². The van der Waals surface area contributed by atoms with Crippen LogP contribution in [0.4, 0.5) is 11.8 Å². The van der Waals surface area contributed by atoms with Crippen LogP contribution in [0.2, 0.25) is 0 Å². The molecule has 9 nitrogen and oxygen atoms in total. The molecule has 6 rings (SSSR count). The Kier molecular flexibility index (Phi) is 7.65. The van der Waals surface area contributed by atoms with Crippen LogP contribution < -0.4 is 9.80 Å². The van der Waals surface area contributed by atoms with Gasteiger partial charge in [0.1, 0.15) is 5.82 Å². The molecule has 1 unspecified atom stereocenters. The second-order valence-electron chi connectivity index (χ2n) is 11.1. The number of anilines is 2. The van der Waals surface area contributed by atoms with Gasteiger partial charge in [0, 0.05) is 56.3 Å². The number of carbonyl (C=O) groups is 1. The molecule has 0 spiro atoms. The lowest BCUT2D eigenvalue weighted by Gasteiger charge is -2.43. The number of aromatic amines is 1. The summed E-state index contributed by atoms with van der Waals surface area (Å²) in [5.41, 5.74) is 4.94. The molecule has 1 amide bonds. The van der Waals surface area contributed by atoms with Gasteiger partial charge in [-0.05, 0) is 64.4 Å². The molecule has 1 aromatic carbocycles. The Hall–Kier alpha value is -3.46. The van der Waals surface area contributed by atoms with Gasteiger partial charge >= 0.3 is 0 Å². The van der Waals surface area contributed by atoms with Gasteiger partial charge in [-0.25, -0.2) is 4.98 Å². The number of likely N-dealkylation sites (N-methyl/N-ethyl adjacent to an activating group) is 1. The van der Waals surface area contributed by atoms with Crippen LogP contribution >= 0.6 is 0 Å². The number of piperazine rings is 1. The lowest BCUT2D eigenvalue weighted by Crippen LogP contribution is -2.58. The van der Waals surface area contributed by atoms with Crippen LogP contribution in [0.3, 0.4) is 0 Å². The van der Waals surface area contributed by atoms with Crippen LogP contribution in [0.15, 0.2) is 37.1 Å². The summed E-state index contributed by atoms with van der Waals surface area (Å²) >= 11 is 0. The van der Waals surface area contributed by atoms with Gasteiger partial charge in [0.05, 0.1) is 17.4 Å². The molecule has 3 aromatic rings. The SMILES string of the molecule is C=CC(=O)N1CCN(c2nc(N3CC(N(C)C)C3)nc3c2CC(C)CC3)CC1.Cc1ccc2[nH]ncc2c1. The van der Waals surface area contributed by atoms with Gasteiger partial charge in [-0.1, -0.05) is 25.1 Å². The van der Waals surface area contributed by atoms with Crippen molar-refractivity contribution in [3.8, 4) is 0 Å². The Morgan fingerprint density at radius 2 is 1.89 bits per heavy atom. The highest BCUT2D eigenvalue weighted by atomic mass is 16.2. The van der Waals surface area contributed by atoms with E-state index < -0.39 is 0 Å². The van der Waals surface area contributed by atoms with E-state index >= 15 is 0 Å². The third kappa shape index (κ3) is 5.53. The molecule has 0 saturated carbocycles. The number of aromatic nitrogens is 4. The number of fused-ring (bicyclic) bond motifs is 2. The molecule has 202 valence electrons. The van der Waals surface area contributed by atoms with Crippen molar-refractivity contribution in [2.75, 3.05) is 63.2 Å². The second kappa shape index (κ2) is 11.1. The van der Waals surface area contributed by atoms with Crippen molar-refractivity contribution in [2.24, 2.45) is 5.92 Å². The van der Waals surface area contributed by atoms with Crippen LogP contribution in [-0.2, 0) is 17.6 Å². The van der Waals surface area contributed by atoms with E-state index in [0.29, 0.717) is 12.0 Å². The molecule has 2 fully saturated rings. The maximum absolute atomic E-state index is 11.9. The Bertz CT molecular complexity index is 1290. The quantitative estimate of drug-likeness (QED) is 0.534. The maximum atomic E-state index is 11.9. The largest absolute Gasteiger partial charge is 0.353 e. The third-order valence-corrected chi connectivity index (χ3v) is 8.02. The molecular formula is C29H40N8O. The summed E-state index contributed by atoms with van der Waals surface area (Å²) in [4.78, 5) is 30.7. The zero-order valence-electron chi connectivity index (χ0n) is 23.2. The molecule has 1 atom stereocenters. The van der Waals surface area contributed by atoms with Crippen LogP contribution in [0.1, 0.15) is 30.2 Å². The predicted molar refractivity (Wildman–Crippen MR) is 153 cm³/mol. The van der Waals surface area contributed by atoms with Crippen LogP contribution in [0.5, 0.6) is 0 Å². The number of nitrogens with one attached hydrogen (secondary N) is 1. The average molecular weight is 517 g/mol. The van der Waals surface area contributed by atoms with Crippen molar-refractivity contribution >= 4 is 28.6 Å². The Balaban J connectivity index is 0.000000244. The van der Waals surface area contributed by atoms with E-state index in [9.17, 15) is 4.79 Å². The predicted octanol–water partition coefficient (Wildman–Crippen LogP) is 3.06. The minimum atomic E-state index is 0.0222. The Morgan fingerprint density at radius 1 is 1.13 bits per heavy atom. The molecule has 9 heteroatoms. The van der Waals surface area contributed by atoms with E-state index in [2.05, 4.69) is 71.6 Å². The topological polar surface area (TPSA) is 84.5 Å². The van der Waals surface area contributed by atoms with Crippen molar-refractivity contribution in [3.63, 3.8) is 0 Å². The van der Waals surface area contributed by atoms with Gasteiger partial charge in [-0.2, -0.15) is 10.1 Å². The lowest BCUT2D eigenvalue weighted by molar-refractivity contribution is -0.126. The molecule has 1 N–H and O–H groups in total. The molecule has 4 heterocycles. The van der Waals surface area contributed by atoms with Gasteiger partial charge in [0.2, 0.25) is 11.9 Å². The van der Waals surface area contributed by atoms with Crippen molar-refractivity contribution in [2.45, 2.75) is 39.2 Å². The van der Waals surface area contributed by atoms with E-state index in [-0.39, 0.29) is 5.91 Å². The number of hydrogen-bond donors (Lipinski definition) is 1. The summed E-state index contributed by atoms with van der Waals surface area (Å²) in [6.07, 6.45) is 6.54. The fourth-order valence-electron chi connectivity index (χ4n) is 5.43. The fraction of sp³-hybridized carbons (Fsp3) is 0.517. The summed E-state index contributed by atoms with van der Waals surface area (Å²) in [5.74, 6) is 2.68. The van der Waals surface area contributed by atoms with Crippen LogP contribution in [0.25, 0.3) is 10.9 Å². The average Bonchev–Trinajstić information content (AvgIpc) is 3.35. The maximum Gasteiger partial charge on any atom is 0.246 e. The smallest absolute Gasteiger partial charge is 0.246 e. The Labute approximate surface area is 225 Å². The number of benzene rings is 1.